The van der Waals surface area contributed by atoms with Gasteiger partial charge >= 0.3 is 6.03 Å². The molecular formula is C22H25FN4O3. The Bertz CT molecular complexity index is 913. The third kappa shape index (κ3) is 4.17. The number of methoxy groups -OCH3 is 1. The number of nitrogens with zero attached hydrogens (tertiary/aromatic N) is 3. The van der Waals surface area contributed by atoms with Gasteiger partial charge in [-0.25, -0.2) is 9.18 Å². The number of hydrogen-bond donors (Lipinski definition) is 1. The molecule has 158 valence electrons. The van der Waals surface area contributed by atoms with E-state index in [9.17, 15) is 14.0 Å². The summed E-state index contributed by atoms with van der Waals surface area (Å²) in [6.45, 7) is 2.57. The molecule has 0 aromatic heterocycles. The van der Waals surface area contributed by atoms with E-state index in [0.29, 0.717) is 38.4 Å². The van der Waals surface area contributed by atoms with Gasteiger partial charge in [-0.2, -0.15) is 0 Å². The van der Waals surface area contributed by atoms with Gasteiger partial charge in [0, 0.05) is 44.8 Å². The predicted octanol–water partition coefficient (Wildman–Crippen LogP) is 2.47. The number of para-hydroxylation sites is 1. The van der Waals surface area contributed by atoms with Crippen LogP contribution in [0.2, 0.25) is 0 Å². The fourth-order valence-electron chi connectivity index (χ4n) is 3.94. The van der Waals surface area contributed by atoms with Crippen molar-refractivity contribution < 1.29 is 18.7 Å². The molecule has 8 heteroatoms. The van der Waals surface area contributed by atoms with Gasteiger partial charge in [0.05, 0.1) is 18.8 Å². The fraction of sp³-hybridized carbons (Fsp3) is 0.364. The highest BCUT2D eigenvalue weighted by Gasteiger charge is 2.33. The molecule has 2 fully saturated rings. The van der Waals surface area contributed by atoms with E-state index in [2.05, 4.69) is 5.32 Å². The van der Waals surface area contributed by atoms with Crippen LogP contribution in [0.5, 0.6) is 5.75 Å². The maximum Gasteiger partial charge on any atom is 0.317 e. The number of urea groups is 1. The fourth-order valence-corrected chi connectivity index (χ4v) is 3.94. The van der Waals surface area contributed by atoms with Crippen LogP contribution < -0.4 is 19.9 Å². The Kier molecular flexibility index (Phi) is 5.74. The molecule has 2 aromatic rings. The monoisotopic (exact) mass is 412 g/mol. The molecule has 2 aromatic carbocycles. The van der Waals surface area contributed by atoms with E-state index < -0.39 is 0 Å². The SMILES string of the molecule is COc1ccc(N2C[C@@H](NC(=O)N3CCN(c4ccccc4F)CC3)CC2=O)cc1. The van der Waals surface area contributed by atoms with Gasteiger partial charge in [0.1, 0.15) is 11.6 Å². The molecule has 0 radical (unpaired) electrons. The highest BCUT2D eigenvalue weighted by atomic mass is 19.1. The van der Waals surface area contributed by atoms with E-state index in [1.807, 2.05) is 35.2 Å². The van der Waals surface area contributed by atoms with Crippen molar-refractivity contribution in [3.63, 3.8) is 0 Å². The number of nitrogens with one attached hydrogen (secondary N) is 1. The topological polar surface area (TPSA) is 65.1 Å². The Morgan fingerprint density at radius 2 is 1.77 bits per heavy atom. The van der Waals surface area contributed by atoms with Crippen LogP contribution >= 0.6 is 0 Å². The molecule has 0 aliphatic carbocycles. The Morgan fingerprint density at radius 1 is 1.07 bits per heavy atom. The lowest BCUT2D eigenvalue weighted by Gasteiger charge is -2.36. The molecule has 2 saturated heterocycles. The second-order valence-corrected chi connectivity index (χ2v) is 7.48. The smallest absolute Gasteiger partial charge is 0.317 e. The predicted molar refractivity (Wildman–Crippen MR) is 112 cm³/mol. The first-order valence-corrected chi connectivity index (χ1v) is 10.0. The Hall–Kier alpha value is -3.29. The van der Waals surface area contributed by atoms with Crippen LogP contribution in [0.15, 0.2) is 48.5 Å². The minimum atomic E-state index is -0.251. The second kappa shape index (κ2) is 8.61. The quantitative estimate of drug-likeness (QED) is 0.838. The summed E-state index contributed by atoms with van der Waals surface area (Å²) in [7, 11) is 1.59. The minimum Gasteiger partial charge on any atom is -0.497 e. The summed E-state index contributed by atoms with van der Waals surface area (Å²) in [4.78, 5) is 30.4. The maximum atomic E-state index is 14.0. The summed E-state index contributed by atoms with van der Waals surface area (Å²) in [6, 6.07) is 13.5. The van der Waals surface area contributed by atoms with Crippen LogP contribution in [-0.4, -0.2) is 62.7 Å². The normalized spacial score (nSPS) is 19.2. The molecule has 0 bridgehead atoms. The van der Waals surface area contributed by atoms with Crippen molar-refractivity contribution in [2.45, 2.75) is 12.5 Å². The number of carbonyl (C=O) groups excluding carboxylic acids is 2. The summed E-state index contributed by atoms with van der Waals surface area (Å²) < 4.78 is 19.1. The number of ether oxygens (including phenoxy) is 1. The summed E-state index contributed by atoms with van der Waals surface area (Å²) >= 11 is 0. The van der Waals surface area contributed by atoms with E-state index in [0.717, 1.165) is 11.4 Å². The van der Waals surface area contributed by atoms with Gasteiger partial charge in [-0.05, 0) is 36.4 Å². The number of hydrogen-bond acceptors (Lipinski definition) is 4. The Morgan fingerprint density at radius 3 is 2.43 bits per heavy atom. The molecule has 2 aliphatic heterocycles. The Labute approximate surface area is 175 Å². The van der Waals surface area contributed by atoms with Crippen LogP contribution in [0.25, 0.3) is 0 Å². The number of halogens is 1. The van der Waals surface area contributed by atoms with Crippen LogP contribution in [0.4, 0.5) is 20.6 Å². The molecule has 0 spiro atoms. The Balaban J connectivity index is 1.30. The van der Waals surface area contributed by atoms with Gasteiger partial charge in [-0.3, -0.25) is 4.79 Å². The van der Waals surface area contributed by atoms with Crippen LogP contribution in [-0.2, 0) is 4.79 Å². The summed E-state index contributed by atoms with van der Waals surface area (Å²) in [5.41, 5.74) is 1.35. The molecule has 1 atom stereocenters. The molecule has 4 rings (SSSR count). The van der Waals surface area contributed by atoms with Gasteiger partial charge in [-0.15, -0.1) is 0 Å². The molecule has 0 unspecified atom stereocenters. The van der Waals surface area contributed by atoms with Crippen molar-refractivity contribution in [2.24, 2.45) is 0 Å². The molecule has 30 heavy (non-hydrogen) atoms. The number of rotatable bonds is 4. The van der Waals surface area contributed by atoms with Gasteiger partial charge in [0.15, 0.2) is 0 Å². The first-order valence-electron chi connectivity index (χ1n) is 10.0. The molecule has 0 saturated carbocycles. The van der Waals surface area contributed by atoms with Crippen molar-refractivity contribution in [1.29, 1.82) is 0 Å². The van der Waals surface area contributed by atoms with Gasteiger partial charge in [-0.1, -0.05) is 12.1 Å². The van der Waals surface area contributed by atoms with Crippen molar-refractivity contribution in [3.8, 4) is 5.75 Å². The minimum absolute atomic E-state index is 0.0187. The lowest BCUT2D eigenvalue weighted by molar-refractivity contribution is -0.117. The largest absolute Gasteiger partial charge is 0.497 e. The standard InChI is InChI=1S/C22H25FN4O3/c1-30-18-8-6-17(7-9-18)27-15-16(14-21(27)28)24-22(29)26-12-10-25(11-13-26)20-5-3-2-4-19(20)23/h2-9,16H,10-15H2,1H3,(H,24,29)/t16-/m0/s1. The van der Waals surface area contributed by atoms with Crippen LogP contribution in [0.1, 0.15) is 6.42 Å². The van der Waals surface area contributed by atoms with Gasteiger partial charge in [0.2, 0.25) is 5.91 Å². The first-order chi connectivity index (χ1) is 14.5. The number of piperazine rings is 1. The van der Waals surface area contributed by atoms with Gasteiger partial charge < -0.3 is 24.8 Å². The lowest BCUT2D eigenvalue weighted by atomic mass is 10.2. The lowest BCUT2D eigenvalue weighted by Crippen LogP contribution is -2.54. The zero-order chi connectivity index (χ0) is 21.1. The number of carbonyl (C=O) groups is 2. The van der Waals surface area contributed by atoms with E-state index in [1.54, 1.807) is 29.0 Å². The van der Waals surface area contributed by atoms with Crippen molar-refractivity contribution in [2.75, 3.05) is 49.6 Å². The molecule has 2 heterocycles. The molecular weight excluding hydrogens is 387 g/mol. The zero-order valence-electron chi connectivity index (χ0n) is 16.9. The number of anilines is 2. The van der Waals surface area contributed by atoms with Gasteiger partial charge in [0.25, 0.3) is 0 Å². The maximum absolute atomic E-state index is 14.0. The van der Waals surface area contributed by atoms with E-state index in [1.165, 1.54) is 6.07 Å². The summed E-state index contributed by atoms with van der Waals surface area (Å²) in [6.07, 6.45) is 0.271. The molecule has 3 amide bonds. The third-order valence-electron chi connectivity index (χ3n) is 5.60. The summed E-state index contributed by atoms with van der Waals surface area (Å²) in [5, 5.41) is 2.97. The highest BCUT2D eigenvalue weighted by molar-refractivity contribution is 5.96. The molecule has 2 aliphatic rings. The molecule has 7 nitrogen and oxygen atoms in total. The van der Waals surface area contributed by atoms with Crippen molar-refractivity contribution in [1.82, 2.24) is 10.2 Å². The average molecular weight is 412 g/mol. The average Bonchev–Trinajstić information content (AvgIpc) is 3.14. The van der Waals surface area contributed by atoms with Crippen molar-refractivity contribution >= 4 is 23.3 Å². The van der Waals surface area contributed by atoms with Crippen LogP contribution in [0.3, 0.4) is 0 Å². The first kappa shape index (κ1) is 20.0. The van der Waals surface area contributed by atoms with Crippen LogP contribution in [0, 0.1) is 5.82 Å². The van der Waals surface area contributed by atoms with Crippen molar-refractivity contribution in [3.05, 3.63) is 54.3 Å². The number of benzene rings is 2. The third-order valence-corrected chi connectivity index (χ3v) is 5.60. The zero-order valence-corrected chi connectivity index (χ0v) is 16.9. The number of amides is 3. The molecule has 1 N–H and O–H groups in total. The van der Waals surface area contributed by atoms with E-state index in [4.69, 9.17) is 4.74 Å². The van der Waals surface area contributed by atoms with E-state index in [-0.39, 0.29) is 30.2 Å². The second-order valence-electron chi connectivity index (χ2n) is 7.48. The van der Waals surface area contributed by atoms with E-state index >= 15 is 0 Å². The highest BCUT2D eigenvalue weighted by Crippen LogP contribution is 2.24. The summed E-state index contributed by atoms with van der Waals surface area (Å²) in [5.74, 6) is 0.457.